The van der Waals surface area contributed by atoms with Gasteiger partial charge in [-0.3, -0.25) is 18.6 Å². The molecule has 9 nitrogen and oxygen atoms in total. The van der Waals surface area contributed by atoms with Crippen LogP contribution in [-0.4, -0.2) is 74.9 Å². The maximum absolute atomic E-state index is 12.6. The minimum Gasteiger partial charge on any atom is -0.462 e. The maximum Gasteiger partial charge on any atom is 0.472 e. The van der Waals surface area contributed by atoms with Crippen LogP contribution >= 0.6 is 7.82 Å². The van der Waals surface area contributed by atoms with Crippen LogP contribution < -0.4 is 0 Å². The topological polar surface area (TPSA) is 108 Å². The van der Waals surface area contributed by atoms with E-state index in [2.05, 4.69) is 62.5 Å². The largest absolute Gasteiger partial charge is 0.472 e. The summed E-state index contributed by atoms with van der Waals surface area (Å²) in [4.78, 5) is 35.2. The fourth-order valence-electron chi connectivity index (χ4n) is 5.12. The van der Waals surface area contributed by atoms with Crippen LogP contribution in [0.1, 0.15) is 155 Å². The van der Waals surface area contributed by atoms with Gasteiger partial charge in [-0.15, -0.1) is 0 Å². The lowest BCUT2D eigenvalue weighted by atomic mass is 10.1. The molecule has 0 spiro atoms. The van der Waals surface area contributed by atoms with E-state index in [0.717, 1.165) is 44.9 Å². The summed E-state index contributed by atoms with van der Waals surface area (Å²) in [5.74, 6) is -0.867. The SMILES string of the molecule is CCCCC/C=C/C/C=C/C/C=C/C/C=C/CCCC(=O)OC[C@@H](COP(=O)(O)OCC[N+](C)(C)C)OC(=O)CCCCCCCCCCCCC. The normalized spacial score (nSPS) is 14.2. The van der Waals surface area contributed by atoms with Gasteiger partial charge in [0.15, 0.2) is 6.10 Å². The first-order valence-electron chi connectivity index (χ1n) is 20.4. The van der Waals surface area contributed by atoms with Gasteiger partial charge in [0.05, 0.1) is 27.7 Å². The number of esters is 2. The second kappa shape index (κ2) is 34.7. The summed E-state index contributed by atoms with van der Waals surface area (Å²) in [5.41, 5.74) is 0. The number of carbonyl (C=O) groups is 2. The highest BCUT2D eigenvalue weighted by molar-refractivity contribution is 7.47. The van der Waals surface area contributed by atoms with Gasteiger partial charge in [0.25, 0.3) is 0 Å². The summed E-state index contributed by atoms with van der Waals surface area (Å²) in [6.45, 7) is 4.30. The van der Waals surface area contributed by atoms with Crippen LogP contribution in [0.5, 0.6) is 0 Å². The van der Waals surface area contributed by atoms with E-state index in [-0.39, 0.29) is 26.1 Å². The number of phosphoric ester groups is 1. The van der Waals surface area contributed by atoms with E-state index in [0.29, 0.717) is 23.9 Å². The predicted octanol–water partition coefficient (Wildman–Crippen LogP) is 11.1. The minimum absolute atomic E-state index is 0.0228. The van der Waals surface area contributed by atoms with E-state index in [1.807, 2.05) is 21.1 Å². The molecule has 1 unspecified atom stereocenters. The van der Waals surface area contributed by atoms with Gasteiger partial charge in [0.2, 0.25) is 0 Å². The van der Waals surface area contributed by atoms with Crippen molar-refractivity contribution in [2.75, 3.05) is 47.5 Å². The molecule has 52 heavy (non-hydrogen) atoms. The number of likely N-dealkylation sites (N-methyl/N-ethyl adjacent to an activating group) is 1. The number of allylic oxidation sites excluding steroid dienone is 8. The fraction of sp³-hybridized carbons (Fsp3) is 0.762. The number of ether oxygens (including phenoxy) is 2. The van der Waals surface area contributed by atoms with Gasteiger partial charge in [0.1, 0.15) is 19.8 Å². The third-order valence-electron chi connectivity index (χ3n) is 8.36. The number of carbonyl (C=O) groups excluding carboxylic acids is 2. The Labute approximate surface area is 318 Å². The monoisotopic (exact) mass is 755 g/mol. The Morgan fingerprint density at radius 3 is 1.60 bits per heavy atom. The van der Waals surface area contributed by atoms with E-state index in [1.165, 1.54) is 70.6 Å². The molecule has 0 bridgehead atoms. The molecule has 0 aliphatic heterocycles. The molecule has 0 aliphatic carbocycles. The van der Waals surface area contributed by atoms with Crippen molar-refractivity contribution in [1.29, 1.82) is 0 Å². The van der Waals surface area contributed by atoms with Gasteiger partial charge in [-0.05, 0) is 51.4 Å². The van der Waals surface area contributed by atoms with Gasteiger partial charge in [-0.25, -0.2) is 4.57 Å². The Bertz CT molecular complexity index is 1030. The lowest BCUT2D eigenvalue weighted by Gasteiger charge is -2.24. The summed E-state index contributed by atoms with van der Waals surface area (Å²) in [6, 6.07) is 0. The van der Waals surface area contributed by atoms with Crippen molar-refractivity contribution in [2.24, 2.45) is 0 Å². The summed E-state index contributed by atoms with van der Waals surface area (Å²) in [6.07, 6.45) is 38.8. The Morgan fingerprint density at radius 2 is 1.06 bits per heavy atom. The molecule has 0 aromatic carbocycles. The smallest absolute Gasteiger partial charge is 0.462 e. The summed E-state index contributed by atoms with van der Waals surface area (Å²) in [7, 11) is 1.44. The zero-order valence-corrected chi connectivity index (χ0v) is 34.7. The molecule has 0 radical (unpaired) electrons. The molecule has 0 fully saturated rings. The molecule has 0 aliphatic rings. The molecule has 0 saturated heterocycles. The second-order valence-corrected chi connectivity index (χ2v) is 16.1. The first kappa shape index (κ1) is 50.0. The third-order valence-corrected chi connectivity index (χ3v) is 9.35. The molecular weight excluding hydrogens is 677 g/mol. The summed E-state index contributed by atoms with van der Waals surface area (Å²) >= 11 is 0. The van der Waals surface area contributed by atoms with Crippen LogP contribution in [0.25, 0.3) is 0 Å². The average Bonchev–Trinajstić information content (AvgIpc) is 3.09. The molecule has 0 aromatic heterocycles. The number of nitrogens with zero attached hydrogens (tertiary/aromatic N) is 1. The maximum atomic E-state index is 12.6. The Kier molecular flexibility index (Phi) is 33.4. The first-order chi connectivity index (χ1) is 25.0. The Morgan fingerprint density at radius 1 is 0.596 bits per heavy atom. The van der Waals surface area contributed by atoms with Gasteiger partial charge >= 0.3 is 19.8 Å². The van der Waals surface area contributed by atoms with Crippen molar-refractivity contribution in [3.05, 3.63) is 48.6 Å². The molecule has 2 atom stereocenters. The van der Waals surface area contributed by atoms with Crippen LogP contribution in [0, 0.1) is 0 Å². The molecule has 0 heterocycles. The number of rotatable bonds is 36. The highest BCUT2D eigenvalue weighted by Crippen LogP contribution is 2.43. The van der Waals surface area contributed by atoms with Gasteiger partial charge in [-0.1, -0.05) is 140 Å². The van der Waals surface area contributed by atoms with Crippen LogP contribution in [0.3, 0.4) is 0 Å². The van der Waals surface area contributed by atoms with E-state index in [4.69, 9.17) is 18.5 Å². The number of quaternary nitrogens is 1. The summed E-state index contributed by atoms with van der Waals surface area (Å²) in [5, 5.41) is 0. The number of unbranched alkanes of at least 4 members (excludes halogenated alkanes) is 14. The fourth-order valence-corrected chi connectivity index (χ4v) is 5.86. The van der Waals surface area contributed by atoms with Gasteiger partial charge < -0.3 is 18.9 Å². The van der Waals surface area contributed by atoms with Crippen LogP contribution in [-0.2, 0) is 32.7 Å². The van der Waals surface area contributed by atoms with Crippen molar-refractivity contribution >= 4 is 19.8 Å². The first-order valence-corrected chi connectivity index (χ1v) is 21.9. The van der Waals surface area contributed by atoms with E-state index < -0.39 is 32.5 Å². The van der Waals surface area contributed by atoms with Gasteiger partial charge in [-0.2, -0.15) is 0 Å². The quantitative estimate of drug-likeness (QED) is 0.0221. The Hall–Kier alpha value is -2.03. The number of phosphoric acid groups is 1. The van der Waals surface area contributed by atoms with Crippen LogP contribution in [0.4, 0.5) is 0 Å². The van der Waals surface area contributed by atoms with Crippen molar-refractivity contribution in [3.63, 3.8) is 0 Å². The molecule has 0 aromatic rings. The van der Waals surface area contributed by atoms with E-state index >= 15 is 0 Å². The zero-order valence-electron chi connectivity index (χ0n) is 33.8. The Balaban J connectivity index is 4.49. The minimum atomic E-state index is -4.38. The van der Waals surface area contributed by atoms with Crippen molar-refractivity contribution in [1.82, 2.24) is 0 Å². The molecule has 0 rings (SSSR count). The van der Waals surface area contributed by atoms with Crippen molar-refractivity contribution < 1.29 is 42.1 Å². The highest BCUT2D eigenvalue weighted by Gasteiger charge is 2.27. The predicted molar refractivity (Wildman–Crippen MR) is 215 cm³/mol. The molecule has 1 N–H and O–H groups in total. The molecule has 302 valence electrons. The average molecular weight is 755 g/mol. The third kappa shape index (κ3) is 37.7. The molecule has 0 saturated carbocycles. The summed E-state index contributed by atoms with van der Waals surface area (Å²) < 4.78 is 34.1. The lowest BCUT2D eigenvalue weighted by molar-refractivity contribution is -0.870. The lowest BCUT2D eigenvalue weighted by Crippen LogP contribution is -2.37. The highest BCUT2D eigenvalue weighted by atomic mass is 31.2. The van der Waals surface area contributed by atoms with E-state index in [1.54, 1.807) is 0 Å². The second-order valence-electron chi connectivity index (χ2n) is 14.7. The standard InChI is InChI=1S/C42H76NO8P/c1-6-8-10-12-14-16-18-19-20-21-22-23-25-26-28-30-32-34-41(44)48-38-40(39-50-52(46,47)49-37-36-43(3,4)5)51-42(45)35-33-31-29-27-24-17-15-13-11-9-7-2/h14,16,19-20,22-23,26,28,40H,6-13,15,17-18,21,24-25,27,29-39H2,1-5H3/p+1/b16-14+,20-19+,23-22+,28-26+/t40-/m0/s1. The molecule has 0 amide bonds. The van der Waals surface area contributed by atoms with E-state index in [9.17, 15) is 19.0 Å². The van der Waals surface area contributed by atoms with Crippen LogP contribution in [0.15, 0.2) is 48.6 Å². The van der Waals surface area contributed by atoms with Crippen molar-refractivity contribution in [2.45, 2.75) is 161 Å². The zero-order chi connectivity index (χ0) is 38.6. The molecular formula is C42H77NO8P+. The number of hydrogen-bond donors (Lipinski definition) is 1. The van der Waals surface area contributed by atoms with Crippen molar-refractivity contribution in [3.8, 4) is 0 Å². The number of hydrogen-bond acceptors (Lipinski definition) is 7. The van der Waals surface area contributed by atoms with Gasteiger partial charge in [0, 0.05) is 12.8 Å². The molecule has 10 heteroatoms. The van der Waals surface area contributed by atoms with Crippen LogP contribution in [0.2, 0.25) is 0 Å².